The molecule has 1 aromatic carbocycles. The van der Waals surface area contributed by atoms with Crippen LogP contribution in [0.4, 0.5) is 0 Å². The maximum atomic E-state index is 11.7. The second kappa shape index (κ2) is 4.56. The summed E-state index contributed by atoms with van der Waals surface area (Å²) >= 11 is 0. The topological polar surface area (TPSA) is 55.8 Å². The molecule has 1 aromatic rings. The molecular formula is C13H16O4. The fourth-order valence-electron chi connectivity index (χ4n) is 1.80. The van der Waals surface area contributed by atoms with Crippen molar-refractivity contribution in [3.8, 4) is 0 Å². The van der Waals surface area contributed by atoms with E-state index in [2.05, 4.69) is 0 Å². The van der Waals surface area contributed by atoms with Crippen molar-refractivity contribution in [2.45, 2.75) is 31.8 Å². The molecule has 1 aliphatic heterocycles. The highest BCUT2D eigenvalue weighted by atomic mass is 16.7. The molecule has 4 heteroatoms. The summed E-state index contributed by atoms with van der Waals surface area (Å²) in [5.74, 6) is -1.07. The van der Waals surface area contributed by atoms with Crippen LogP contribution in [0.1, 0.15) is 25.5 Å². The zero-order valence-corrected chi connectivity index (χ0v) is 9.92. The van der Waals surface area contributed by atoms with Gasteiger partial charge in [-0.2, -0.15) is 0 Å². The normalized spacial score (nSPS) is 25.6. The van der Waals surface area contributed by atoms with E-state index in [0.29, 0.717) is 5.56 Å². The van der Waals surface area contributed by atoms with Gasteiger partial charge in [-0.15, -0.1) is 0 Å². The summed E-state index contributed by atoms with van der Waals surface area (Å²) in [6.45, 7) is 3.43. The van der Waals surface area contributed by atoms with Gasteiger partial charge >= 0.3 is 0 Å². The molecule has 1 N–H and O–H groups in total. The minimum Gasteiger partial charge on any atom is -0.385 e. The first kappa shape index (κ1) is 12.2. The Morgan fingerprint density at radius 1 is 1.35 bits per heavy atom. The van der Waals surface area contributed by atoms with Crippen LogP contribution in [0, 0.1) is 0 Å². The third-order valence-electron chi connectivity index (χ3n) is 2.72. The van der Waals surface area contributed by atoms with Gasteiger partial charge in [-0.3, -0.25) is 4.79 Å². The molecule has 0 saturated carbocycles. The van der Waals surface area contributed by atoms with Crippen molar-refractivity contribution in [3.63, 3.8) is 0 Å². The van der Waals surface area contributed by atoms with Crippen molar-refractivity contribution in [3.05, 3.63) is 35.9 Å². The van der Waals surface area contributed by atoms with Crippen molar-refractivity contribution < 1.29 is 19.4 Å². The van der Waals surface area contributed by atoms with Gasteiger partial charge in [0.15, 0.2) is 17.7 Å². The van der Waals surface area contributed by atoms with Gasteiger partial charge in [-0.25, -0.2) is 0 Å². The molecule has 1 heterocycles. The number of benzene rings is 1. The lowest BCUT2D eigenvalue weighted by Crippen LogP contribution is -2.48. The summed E-state index contributed by atoms with van der Waals surface area (Å²) in [5.41, 5.74) is 0.670. The number of carbonyl (C=O) groups is 1. The molecule has 2 rings (SSSR count). The summed E-state index contributed by atoms with van der Waals surface area (Å²) in [6.07, 6.45) is -1.81. The van der Waals surface area contributed by atoms with E-state index in [1.165, 1.54) is 0 Å². The molecule has 0 aliphatic carbocycles. The fourth-order valence-corrected chi connectivity index (χ4v) is 1.80. The van der Waals surface area contributed by atoms with Gasteiger partial charge in [-0.05, 0) is 19.4 Å². The molecule has 2 atom stereocenters. The van der Waals surface area contributed by atoms with Crippen LogP contribution in [0.15, 0.2) is 30.3 Å². The number of hydrogen-bond acceptors (Lipinski definition) is 4. The van der Waals surface area contributed by atoms with Crippen LogP contribution in [0.2, 0.25) is 0 Å². The monoisotopic (exact) mass is 236 g/mol. The van der Waals surface area contributed by atoms with E-state index in [1.54, 1.807) is 26.0 Å². The number of ether oxygens (including phenoxy) is 2. The van der Waals surface area contributed by atoms with E-state index in [1.807, 2.05) is 18.2 Å². The molecule has 17 heavy (non-hydrogen) atoms. The Labute approximate surface area is 100 Å². The van der Waals surface area contributed by atoms with Crippen LogP contribution in [-0.4, -0.2) is 29.4 Å². The lowest BCUT2D eigenvalue weighted by atomic mass is 10.0. The van der Waals surface area contributed by atoms with Gasteiger partial charge in [0.05, 0.1) is 0 Å². The third-order valence-corrected chi connectivity index (χ3v) is 2.72. The first-order chi connectivity index (χ1) is 7.99. The molecule has 1 fully saturated rings. The number of Topliss-reactive ketones (excluding diaryl/α,β-unsaturated/α-hetero) is 1. The Balaban J connectivity index is 2.18. The standard InChI is InChI=1S/C13H16O4/c1-13(2)16-8-10(14)12(17-13)11(15)9-6-4-3-5-7-9/h3-7,11-12,15H,8H2,1-2H3/t11-,12?/m1/s1. The van der Waals surface area contributed by atoms with Gasteiger partial charge in [0.25, 0.3) is 0 Å². The predicted molar refractivity (Wildman–Crippen MR) is 61.3 cm³/mol. The molecule has 0 amide bonds. The van der Waals surface area contributed by atoms with Gasteiger partial charge in [0.2, 0.25) is 0 Å². The Bertz CT molecular complexity index is 399. The quantitative estimate of drug-likeness (QED) is 0.844. The molecule has 1 saturated heterocycles. The number of ketones is 1. The lowest BCUT2D eigenvalue weighted by molar-refractivity contribution is -0.271. The van der Waals surface area contributed by atoms with Crippen LogP contribution < -0.4 is 0 Å². The number of aliphatic hydroxyl groups excluding tert-OH is 1. The van der Waals surface area contributed by atoms with E-state index >= 15 is 0 Å². The second-order valence-corrected chi connectivity index (χ2v) is 4.55. The molecule has 0 aromatic heterocycles. The van der Waals surface area contributed by atoms with Crippen LogP contribution in [0.3, 0.4) is 0 Å². The van der Waals surface area contributed by atoms with Crippen molar-refractivity contribution in [2.75, 3.05) is 6.61 Å². The Morgan fingerprint density at radius 2 is 2.00 bits per heavy atom. The molecule has 0 spiro atoms. The number of aliphatic hydroxyl groups is 1. The zero-order chi connectivity index (χ0) is 12.5. The molecule has 0 radical (unpaired) electrons. The first-order valence-corrected chi connectivity index (χ1v) is 5.57. The van der Waals surface area contributed by atoms with E-state index < -0.39 is 18.0 Å². The summed E-state index contributed by atoms with van der Waals surface area (Å²) in [6, 6.07) is 9.02. The van der Waals surface area contributed by atoms with Gasteiger partial charge in [0, 0.05) is 0 Å². The van der Waals surface area contributed by atoms with Gasteiger partial charge < -0.3 is 14.6 Å². The van der Waals surface area contributed by atoms with E-state index in [-0.39, 0.29) is 12.4 Å². The Morgan fingerprint density at radius 3 is 2.65 bits per heavy atom. The van der Waals surface area contributed by atoms with Crippen molar-refractivity contribution in [2.24, 2.45) is 0 Å². The van der Waals surface area contributed by atoms with E-state index in [4.69, 9.17) is 9.47 Å². The maximum absolute atomic E-state index is 11.7. The summed E-state index contributed by atoms with van der Waals surface area (Å²) < 4.78 is 10.7. The largest absolute Gasteiger partial charge is 0.385 e. The first-order valence-electron chi connectivity index (χ1n) is 5.57. The third kappa shape index (κ3) is 2.72. The van der Waals surface area contributed by atoms with Crippen LogP contribution in [-0.2, 0) is 14.3 Å². The molecule has 0 bridgehead atoms. The number of carbonyl (C=O) groups excluding carboxylic acids is 1. The smallest absolute Gasteiger partial charge is 0.190 e. The van der Waals surface area contributed by atoms with Crippen molar-refractivity contribution in [1.29, 1.82) is 0 Å². The van der Waals surface area contributed by atoms with Crippen molar-refractivity contribution >= 4 is 5.78 Å². The van der Waals surface area contributed by atoms with Crippen molar-refractivity contribution in [1.82, 2.24) is 0 Å². The SMILES string of the molecule is CC1(C)OCC(=O)C([C@H](O)c2ccccc2)O1. The average Bonchev–Trinajstić information content (AvgIpc) is 2.33. The fraction of sp³-hybridized carbons (Fsp3) is 0.462. The van der Waals surface area contributed by atoms with Gasteiger partial charge in [-0.1, -0.05) is 30.3 Å². The zero-order valence-electron chi connectivity index (χ0n) is 9.92. The van der Waals surface area contributed by atoms with E-state index in [9.17, 15) is 9.90 Å². The number of rotatable bonds is 2. The molecule has 4 nitrogen and oxygen atoms in total. The summed E-state index contributed by atoms with van der Waals surface area (Å²) in [5, 5.41) is 10.1. The number of hydrogen-bond donors (Lipinski definition) is 1. The Hall–Kier alpha value is -1.23. The minimum atomic E-state index is -0.952. The molecule has 1 aliphatic rings. The molecule has 92 valence electrons. The Kier molecular flexibility index (Phi) is 3.28. The van der Waals surface area contributed by atoms with E-state index in [0.717, 1.165) is 0 Å². The summed E-state index contributed by atoms with van der Waals surface area (Å²) in [4.78, 5) is 11.7. The summed E-state index contributed by atoms with van der Waals surface area (Å²) in [7, 11) is 0. The highest BCUT2D eigenvalue weighted by molar-refractivity contribution is 5.85. The van der Waals surface area contributed by atoms with Crippen LogP contribution in [0.5, 0.6) is 0 Å². The maximum Gasteiger partial charge on any atom is 0.190 e. The predicted octanol–water partition coefficient (Wildman–Crippen LogP) is 1.44. The lowest BCUT2D eigenvalue weighted by Gasteiger charge is -2.36. The molecular weight excluding hydrogens is 220 g/mol. The van der Waals surface area contributed by atoms with Gasteiger partial charge in [0.1, 0.15) is 12.7 Å². The second-order valence-electron chi connectivity index (χ2n) is 4.55. The minimum absolute atomic E-state index is 0.0262. The average molecular weight is 236 g/mol. The van der Waals surface area contributed by atoms with Crippen LogP contribution in [0.25, 0.3) is 0 Å². The highest BCUT2D eigenvalue weighted by Crippen LogP contribution is 2.28. The van der Waals surface area contributed by atoms with Crippen LogP contribution >= 0.6 is 0 Å². The molecule has 1 unspecified atom stereocenters. The highest BCUT2D eigenvalue weighted by Gasteiger charge is 2.39.